The molecule has 1 atom stereocenters. The lowest BCUT2D eigenvalue weighted by atomic mass is 10.3. The van der Waals surface area contributed by atoms with Crippen molar-refractivity contribution in [2.24, 2.45) is 0 Å². The Balaban J connectivity index is 2.28. The Labute approximate surface area is 49.3 Å². The summed E-state index contributed by atoms with van der Waals surface area (Å²) in [7, 11) is 0. The molecule has 1 rings (SSSR count). The van der Waals surface area contributed by atoms with E-state index in [4.69, 9.17) is 0 Å². The standard InChI is InChI=1S/C5H11N2O/c1-5-4-6-2-3-7(5)8/h5-6H,2-4H2,1H3/q-1. The third-order valence-corrected chi connectivity index (χ3v) is 1.44. The first-order valence-corrected chi connectivity index (χ1v) is 2.95. The van der Waals surface area contributed by atoms with Gasteiger partial charge in [-0.25, -0.2) is 0 Å². The Bertz CT molecular complexity index is 66.8. The van der Waals surface area contributed by atoms with E-state index in [9.17, 15) is 5.21 Å². The van der Waals surface area contributed by atoms with Crippen LogP contribution in [0.4, 0.5) is 0 Å². The molecule has 8 heavy (non-hydrogen) atoms. The summed E-state index contributed by atoms with van der Waals surface area (Å²) in [5, 5.41) is 14.9. The van der Waals surface area contributed by atoms with E-state index in [0.717, 1.165) is 18.2 Å². The summed E-state index contributed by atoms with van der Waals surface area (Å²) < 4.78 is 0. The quantitative estimate of drug-likeness (QED) is 0.474. The molecule has 0 saturated carbocycles. The van der Waals surface area contributed by atoms with Gasteiger partial charge in [-0.3, -0.25) is 0 Å². The first-order chi connectivity index (χ1) is 3.80. The van der Waals surface area contributed by atoms with Crippen molar-refractivity contribution in [1.82, 2.24) is 10.4 Å². The number of hydrogen-bond acceptors (Lipinski definition) is 3. The van der Waals surface area contributed by atoms with Gasteiger partial charge < -0.3 is 15.6 Å². The van der Waals surface area contributed by atoms with Crippen molar-refractivity contribution in [2.75, 3.05) is 19.6 Å². The molecule has 0 aromatic rings. The lowest BCUT2D eigenvalue weighted by molar-refractivity contribution is 0.245. The van der Waals surface area contributed by atoms with Gasteiger partial charge in [0.05, 0.1) is 0 Å². The second-order valence-electron chi connectivity index (χ2n) is 2.19. The zero-order valence-corrected chi connectivity index (χ0v) is 5.05. The molecule has 1 saturated heterocycles. The van der Waals surface area contributed by atoms with Crippen molar-refractivity contribution in [1.29, 1.82) is 0 Å². The summed E-state index contributed by atoms with van der Waals surface area (Å²) >= 11 is 0. The maximum atomic E-state index is 10.7. The van der Waals surface area contributed by atoms with Crippen LogP contribution in [0.5, 0.6) is 0 Å². The molecule has 3 nitrogen and oxygen atoms in total. The van der Waals surface area contributed by atoms with Crippen LogP contribution in [0.1, 0.15) is 6.92 Å². The lowest BCUT2D eigenvalue weighted by Gasteiger charge is -2.38. The number of nitrogens with zero attached hydrogens (tertiary/aromatic N) is 1. The SMILES string of the molecule is CC1CNCCN1[O-]. The predicted molar refractivity (Wildman–Crippen MR) is 32.4 cm³/mol. The summed E-state index contributed by atoms with van der Waals surface area (Å²) in [6, 6.07) is 0.170. The molecule has 0 aromatic carbocycles. The van der Waals surface area contributed by atoms with Gasteiger partial charge >= 0.3 is 0 Å². The Kier molecular flexibility index (Phi) is 1.83. The van der Waals surface area contributed by atoms with Gasteiger partial charge in [0.2, 0.25) is 0 Å². The molecule has 0 aliphatic carbocycles. The van der Waals surface area contributed by atoms with Crippen LogP contribution >= 0.6 is 0 Å². The van der Waals surface area contributed by atoms with Crippen LogP contribution in [0.25, 0.3) is 0 Å². The van der Waals surface area contributed by atoms with Crippen molar-refractivity contribution in [3.8, 4) is 0 Å². The van der Waals surface area contributed by atoms with Crippen LogP contribution in [0.3, 0.4) is 0 Å². The summed E-state index contributed by atoms with van der Waals surface area (Å²) in [6.45, 7) is 4.25. The molecule has 0 radical (unpaired) electrons. The molecular weight excluding hydrogens is 104 g/mol. The van der Waals surface area contributed by atoms with Gasteiger partial charge in [-0.2, -0.15) is 0 Å². The van der Waals surface area contributed by atoms with E-state index in [1.807, 2.05) is 6.92 Å². The molecule has 1 fully saturated rings. The van der Waals surface area contributed by atoms with Gasteiger partial charge in [0.1, 0.15) is 0 Å². The number of piperazine rings is 1. The predicted octanol–water partition coefficient (Wildman–Crippen LogP) is -0.222. The number of hydrogen-bond donors (Lipinski definition) is 1. The van der Waals surface area contributed by atoms with E-state index < -0.39 is 0 Å². The van der Waals surface area contributed by atoms with Gasteiger partial charge in [-0.15, -0.1) is 0 Å². The van der Waals surface area contributed by atoms with Crippen molar-refractivity contribution in [3.63, 3.8) is 0 Å². The Morgan fingerprint density at radius 2 is 2.50 bits per heavy atom. The minimum Gasteiger partial charge on any atom is -0.785 e. The molecular formula is C5H11N2O-. The van der Waals surface area contributed by atoms with Gasteiger partial charge in [-0.1, -0.05) is 0 Å². The minimum atomic E-state index is 0.170. The van der Waals surface area contributed by atoms with E-state index >= 15 is 0 Å². The van der Waals surface area contributed by atoms with E-state index in [2.05, 4.69) is 5.32 Å². The highest BCUT2D eigenvalue weighted by molar-refractivity contribution is 4.75. The molecule has 1 heterocycles. The van der Waals surface area contributed by atoms with E-state index in [0.29, 0.717) is 6.54 Å². The third kappa shape index (κ3) is 1.18. The average molecular weight is 115 g/mol. The van der Waals surface area contributed by atoms with Crippen molar-refractivity contribution >= 4 is 0 Å². The highest BCUT2D eigenvalue weighted by Crippen LogP contribution is 1.97. The highest BCUT2D eigenvalue weighted by Gasteiger charge is 2.07. The number of rotatable bonds is 0. The molecule has 1 N–H and O–H groups in total. The van der Waals surface area contributed by atoms with Crippen LogP contribution in [0.15, 0.2) is 0 Å². The van der Waals surface area contributed by atoms with Crippen LogP contribution < -0.4 is 5.32 Å². The smallest absolute Gasteiger partial charge is 0.00966 e. The number of nitrogens with one attached hydrogen (secondary N) is 1. The number of hydroxylamine groups is 2. The summed E-state index contributed by atoms with van der Waals surface area (Å²) in [4.78, 5) is 0. The fourth-order valence-electron chi connectivity index (χ4n) is 0.822. The van der Waals surface area contributed by atoms with E-state index in [-0.39, 0.29) is 6.04 Å². The van der Waals surface area contributed by atoms with Crippen LogP contribution in [0, 0.1) is 5.21 Å². The largest absolute Gasteiger partial charge is 0.785 e. The first-order valence-electron chi connectivity index (χ1n) is 2.95. The monoisotopic (exact) mass is 115 g/mol. The molecule has 0 bridgehead atoms. The maximum Gasteiger partial charge on any atom is 0.00966 e. The second-order valence-corrected chi connectivity index (χ2v) is 2.19. The zero-order valence-electron chi connectivity index (χ0n) is 5.05. The first kappa shape index (κ1) is 6.01. The summed E-state index contributed by atoms with van der Waals surface area (Å²) in [5.41, 5.74) is 0. The molecule has 1 aliphatic heterocycles. The minimum absolute atomic E-state index is 0.170. The summed E-state index contributed by atoms with van der Waals surface area (Å²) in [5.74, 6) is 0. The molecule has 1 aliphatic rings. The topological polar surface area (TPSA) is 38.3 Å². The highest BCUT2D eigenvalue weighted by atomic mass is 16.5. The molecule has 0 amide bonds. The average Bonchev–Trinajstić information content (AvgIpc) is 1.77. The van der Waals surface area contributed by atoms with Gasteiger partial charge in [0, 0.05) is 19.1 Å². The molecule has 3 heteroatoms. The zero-order chi connectivity index (χ0) is 5.98. The Morgan fingerprint density at radius 3 is 2.88 bits per heavy atom. The van der Waals surface area contributed by atoms with Gasteiger partial charge in [0.25, 0.3) is 0 Å². The van der Waals surface area contributed by atoms with Crippen molar-refractivity contribution in [3.05, 3.63) is 5.21 Å². The molecule has 1 unspecified atom stereocenters. The van der Waals surface area contributed by atoms with E-state index in [1.54, 1.807) is 0 Å². The Hall–Kier alpha value is -0.120. The van der Waals surface area contributed by atoms with Gasteiger partial charge in [-0.05, 0) is 13.5 Å². The summed E-state index contributed by atoms with van der Waals surface area (Å²) in [6.07, 6.45) is 0. The van der Waals surface area contributed by atoms with Crippen LogP contribution in [-0.2, 0) is 0 Å². The molecule has 0 spiro atoms. The Morgan fingerprint density at radius 1 is 1.75 bits per heavy atom. The lowest BCUT2D eigenvalue weighted by Crippen LogP contribution is -2.46. The normalized spacial score (nSPS) is 33.0. The second kappa shape index (κ2) is 2.44. The van der Waals surface area contributed by atoms with Crippen molar-refractivity contribution < 1.29 is 0 Å². The third-order valence-electron chi connectivity index (χ3n) is 1.44. The van der Waals surface area contributed by atoms with E-state index in [1.165, 1.54) is 0 Å². The maximum absolute atomic E-state index is 10.7. The van der Waals surface area contributed by atoms with Gasteiger partial charge in [0.15, 0.2) is 0 Å². The van der Waals surface area contributed by atoms with Crippen LogP contribution in [-0.4, -0.2) is 30.7 Å². The molecule has 0 aromatic heterocycles. The fourth-order valence-corrected chi connectivity index (χ4v) is 0.822. The molecule has 48 valence electrons. The van der Waals surface area contributed by atoms with Crippen molar-refractivity contribution in [2.45, 2.75) is 13.0 Å². The fraction of sp³-hybridized carbons (Fsp3) is 1.00. The van der Waals surface area contributed by atoms with Crippen LogP contribution in [0.2, 0.25) is 0 Å².